The molecule has 3 heterocycles. The fourth-order valence-electron chi connectivity index (χ4n) is 3.54. The van der Waals surface area contributed by atoms with Crippen molar-refractivity contribution in [3.8, 4) is 11.4 Å². The first-order valence-electron chi connectivity index (χ1n) is 10.2. The second-order valence-corrected chi connectivity index (χ2v) is 7.64. The molecule has 1 saturated heterocycles. The van der Waals surface area contributed by atoms with E-state index in [0.29, 0.717) is 5.75 Å². The van der Waals surface area contributed by atoms with Gasteiger partial charge in [0.15, 0.2) is 0 Å². The summed E-state index contributed by atoms with van der Waals surface area (Å²) in [6, 6.07) is 15.0. The Balaban J connectivity index is 1.33. The number of hydrogen-bond acceptors (Lipinski definition) is 5. The fourth-order valence-corrected chi connectivity index (χ4v) is 3.54. The van der Waals surface area contributed by atoms with Crippen LogP contribution < -0.4 is 10.3 Å². The van der Waals surface area contributed by atoms with E-state index in [9.17, 15) is 9.18 Å². The monoisotopic (exact) mass is 416 g/mol. The number of pyridine rings is 1. The molecule has 0 radical (unpaired) electrons. The van der Waals surface area contributed by atoms with Gasteiger partial charge in [-0.3, -0.25) is 14.3 Å². The maximum atomic E-state index is 13.0. The SMILES string of the molecule is O=c1cc(OCc2ccc(F)cc2)ccn1-c1ccc2nc(CN3CCC3)ncc2c1. The molecule has 4 aromatic rings. The third-order valence-corrected chi connectivity index (χ3v) is 5.41. The lowest BCUT2D eigenvalue weighted by atomic mass is 10.2. The lowest BCUT2D eigenvalue weighted by Gasteiger charge is -2.29. The van der Waals surface area contributed by atoms with Crippen LogP contribution in [-0.2, 0) is 13.2 Å². The van der Waals surface area contributed by atoms with Crippen LogP contribution in [0.1, 0.15) is 17.8 Å². The molecular weight excluding hydrogens is 395 g/mol. The van der Waals surface area contributed by atoms with Gasteiger partial charge in [0.05, 0.1) is 12.1 Å². The van der Waals surface area contributed by atoms with Crippen LogP contribution in [0.2, 0.25) is 0 Å². The Bertz CT molecular complexity index is 1280. The zero-order valence-corrected chi connectivity index (χ0v) is 16.9. The van der Waals surface area contributed by atoms with Crippen LogP contribution in [-0.4, -0.2) is 32.5 Å². The molecular formula is C24H21FN4O2. The smallest absolute Gasteiger partial charge is 0.258 e. The molecule has 0 atom stereocenters. The van der Waals surface area contributed by atoms with Gasteiger partial charge in [0.2, 0.25) is 0 Å². The Kier molecular flexibility index (Phi) is 5.18. The van der Waals surface area contributed by atoms with Crippen molar-refractivity contribution in [2.75, 3.05) is 13.1 Å². The highest BCUT2D eigenvalue weighted by atomic mass is 19.1. The number of halogens is 1. The Morgan fingerprint density at radius 1 is 1.03 bits per heavy atom. The van der Waals surface area contributed by atoms with Crippen molar-refractivity contribution in [3.63, 3.8) is 0 Å². The highest BCUT2D eigenvalue weighted by molar-refractivity contribution is 5.80. The minimum atomic E-state index is -0.292. The Hall–Kier alpha value is -3.58. The summed E-state index contributed by atoms with van der Waals surface area (Å²) in [5.41, 5.74) is 2.23. The van der Waals surface area contributed by atoms with Crippen molar-refractivity contribution in [2.24, 2.45) is 0 Å². The van der Waals surface area contributed by atoms with Crippen molar-refractivity contribution < 1.29 is 9.13 Å². The summed E-state index contributed by atoms with van der Waals surface area (Å²) in [6.45, 7) is 3.24. The van der Waals surface area contributed by atoms with Crippen molar-refractivity contribution in [3.05, 3.63) is 94.5 Å². The molecule has 7 heteroatoms. The molecule has 1 fully saturated rings. The number of fused-ring (bicyclic) bond motifs is 1. The molecule has 1 aliphatic heterocycles. The zero-order chi connectivity index (χ0) is 21.2. The third kappa shape index (κ3) is 4.32. The number of likely N-dealkylation sites (tertiary alicyclic amines) is 1. The van der Waals surface area contributed by atoms with Crippen molar-refractivity contribution in [1.29, 1.82) is 0 Å². The van der Waals surface area contributed by atoms with E-state index in [-0.39, 0.29) is 18.0 Å². The lowest BCUT2D eigenvalue weighted by molar-refractivity contribution is 0.168. The van der Waals surface area contributed by atoms with E-state index in [1.165, 1.54) is 24.6 Å². The quantitative estimate of drug-likeness (QED) is 0.480. The van der Waals surface area contributed by atoms with E-state index in [2.05, 4.69) is 14.9 Å². The lowest BCUT2D eigenvalue weighted by Crippen LogP contribution is -2.36. The topological polar surface area (TPSA) is 60.3 Å². The molecule has 0 unspecified atom stereocenters. The number of hydrogen-bond donors (Lipinski definition) is 0. The van der Waals surface area contributed by atoms with Crippen LogP contribution in [0.5, 0.6) is 5.75 Å². The summed E-state index contributed by atoms with van der Waals surface area (Å²) < 4.78 is 20.2. The van der Waals surface area contributed by atoms with Gasteiger partial charge in [0.25, 0.3) is 5.56 Å². The average molecular weight is 416 g/mol. The number of nitrogens with zero attached hydrogens (tertiary/aromatic N) is 4. The van der Waals surface area contributed by atoms with Crippen LogP contribution in [0, 0.1) is 5.82 Å². The highest BCUT2D eigenvalue weighted by Gasteiger charge is 2.15. The second kappa shape index (κ2) is 8.28. The highest BCUT2D eigenvalue weighted by Crippen LogP contribution is 2.18. The molecule has 5 rings (SSSR count). The molecule has 2 aromatic carbocycles. The number of ether oxygens (including phenoxy) is 1. The zero-order valence-electron chi connectivity index (χ0n) is 16.9. The van der Waals surface area contributed by atoms with Crippen LogP contribution in [0.15, 0.2) is 71.8 Å². The second-order valence-electron chi connectivity index (χ2n) is 7.64. The van der Waals surface area contributed by atoms with E-state index in [0.717, 1.165) is 47.6 Å². The molecule has 6 nitrogen and oxygen atoms in total. The summed E-state index contributed by atoms with van der Waals surface area (Å²) in [6.07, 6.45) is 4.73. The predicted octanol–water partition coefficient (Wildman–Crippen LogP) is 3.70. The van der Waals surface area contributed by atoms with E-state index >= 15 is 0 Å². The van der Waals surface area contributed by atoms with Gasteiger partial charge < -0.3 is 4.74 Å². The first-order valence-corrected chi connectivity index (χ1v) is 10.2. The summed E-state index contributed by atoms with van der Waals surface area (Å²) in [7, 11) is 0. The average Bonchev–Trinajstić information content (AvgIpc) is 2.75. The van der Waals surface area contributed by atoms with Gasteiger partial charge in [-0.25, -0.2) is 14.4 Å². The molecule has 0 N–H and O–H groups in total. The molecule has 156 valence electrons. The summed E-state index contributed by atoms with van der Waals surface area (Å²) >= 11 is 0. The molecule has 2 aromatic heterocycles. The normalized spacial score (nSPS) is 13.8. The van der Waals surface area contributed by atoms with Crippen LogP contribution in [0.3, 0.4) is 0 Å². The van der Waals surface area contributed by atoms with Crippen molar-refractivity contribution in [2.45, 2.75) is 19.6 Å². The summed E-state index contributed by atoms with van der Waals surface area (Å²) in [4.78, 5) is 24.1. The number of rotatable bonds is 6. The van der Waals surface area contributed by atoms with E-state index in [1.807, 2.05) is 24.4 Å². The van der Waals surface area contributed by atoms with Gasteiger partial charge in [-0.1, -0.05) is 12.1 Å². The van der Waals surface area contributed by atoms with Crippen molar-refractivity contribution in [1.82, 2.24) is 19.4 Å². The van der Waals surface area contributed by atoms with Gasteiger partial charge in [0, 0.05) is 29.5 Å². The van der Waals surface area contributed by atoms with Crippen molar-refractivity contribution >= 4 is 10.9 Å². The standard InChI is InChI=1S/C24H21FN4O2/c25-19-4-2-17(3-5-19)16-31-21-8-11-29(24(30)13-21)20-6-7-22-18(12-20)14-26-23(27-22)15-28-9-1-10-28/h2-8,11-14H,1,9-10,15-16H2. The van der Waals surface area contributed by atoms with E-state index < -0.39 is 0 Å². The molecule has 0 saturated carbocycles. The number of aromatic nitrogens is 3. The minimum Gasteiger partial charge on any atom is -0.489 e. The van der Waals surface area contributed by atoms with Gasteiger partial charge in [-0.05, 0) is 61.5 Å². The molecule has 0 spiro atoms. The maximum Gasteiger partial charge on any atom is 0.258 e. The Morgan fingerprint density at radius 3 is 2.61 bits per heavy atom. The van der Waals surface area contributed by atoms with E-state index in [4.69, 9.17) is 4.74 Å². The molecule has 0 bridgehead atoms. The van der Waals surface area contributed by atoms with E-state index in [1.54, 1.807) is 29.0 Å². The Labute approximate surface area is 178 Å². The summed E-state index contributed by atoms with van der Waals surface area (Å²) in [5, 5.41) is 0.883. The first-order chi connectivity index (χ1) is 15.1. The first kappa shape index (κ1) is 19.4. The molecule has 0 amide bonds. The third-order valence-electron chi connectivity index (χ3n) is 5.41. The van der Waals surface area contributed by atoms with Crippen LogP contribution >= 0.6 is 0 Å². The minimum absolute atomic E-state index is 0.203. The molecule has 0 aliphatic carbocycles. The van der Waals surface area contributed by atoms with Gasteiger partial charge >= 0.3 is 0 Å². The van der Waals surface area contributed by atoms with Crippen LogP contribution in [0.4, 0.5) is 4.39 Å². The van der Waals surface area contributed by atoms with Gasteiger partial charge in [-0.15, -0.1) is 0 Å². The maximum absolute atomic E-state index is 13.0. The van der Waals surface area contributed by atoms with Gasteiger partial charge in [0.1, 0.15) is 24.0 Å². The molecule has 1 aliphatic rings. The largest absolute Gasteiger partial charge is 0.489 e. The summed E-state index contributed by atoms with van der Waals surface area (Å²) in [5.74, 6) is 0.990. The Morgan fingerprint density at radius 2 is 1.87 bits per heavy atom. The van der Waals surface area contributed by atoms with Crippen LogP contribution in [0.25, 0.3) is 16.6 Å². The number of benzene rings is 2. The predicted molar refractivity (Wildman–Crippen MR) is 116 cm³/mol. The molecule has 31 heavy (non-hydrogen) atoms. The van der Waals surface area contributed by atoms with Gasteiger partial charge in [-0.2, -0.15) is 0 Å². The fraction of sp³-hybridized carbons (Fsp3) is 0.208.